The summed E-state index contributed by atoms with van der Waals surface area (Å²) in [5.41, 5.74) is 5.33. The molecule has 0 aliphatic carbocycles. The second-order valence-corrected chi connectivity index (χ2v) is 7.51. The van der Waals surface area contributed by atoms with E-state index in [1.165, 1.54) is 0 Å². The van der Waals surface area contributed by atoms with Gasteiger partial charge in [-0.05, 0) is 27.8 Å². The van der Waals surface area contributed by atoms with Gasteiger partial charge in [0, 0.05) is 31.7 Å². The Morgan fingerprint density at radius 1 is 1.38 bits per heavy atom. The summed E-state index contributed by atoms with van der Waals surface area (Å²) in [6.07, 6.45) is 0. The zero-order chi connectivity index (χ0) is 12.6. The number of likely N-dealkylation sites (N-methyl/N-ethyl adjacent to an activating group) is 1. The third-order valence-corrected chi connectivity index (χ3v) is 5.72. The number of sulfonamides is 1. The van der Waals surface area contributed by atoms with Crippen LogP contribution in [0.1, 0.15) is 20.8 Å². The Morgan fingerprint density at radius 3 is 2.38 bits per heavy atom. The van der Waals surface area contributed by atoms with E-state index in [9.17, 15) is 8.42 Å². The predicted molar refractivity (Wildman–Crippen MR) is 65.7 cm³/mol. The Hall–Kier alpha value is -0.170. The first-order chi connectivity index (χ1) is 7.21. The lowest BCUT2D eigenvalue weighted by atomic mass is 10.0. The number of nitrogens with two attached hydrogens (primary N) is 1. The third-order valence-electron chi connectivity index (χ3n) is 3.48. The summed E-state index contributed by atoms with van der Waals surface area (Å²) in [6.45, 7) is 7.83. The molecule has 0 radical (unpaired) electrons. The van der Waals surface area contributed by atoms with Crippen molar-refractivity contribution in [1.82, 2.24) is 9.21 Å². The summed E-state index contributed by atoms with van der Waals surface area (Å²) >= 11 is 0. The van der Waals surface area contributed by atoms with Crippen molar-refractivity contribution in [2.24, 2.45) is 5.73 Å². The van der Waals surface area contributed by atoms with E-state index in [1.54, 1.807) is 11.2 Å². The maximum Gasteiger partial charge on any atom is 0.218 e. The lowest BCUT2D eigenvalue weighted by Gasteiger charge is -2.45. The van der Waals surface area contributed by atoms with Crippen molar-refractivity contribution in [3.63, 3.8) is 0 Å². The largest absolute Gasteiger partial charge is 0.329 e. The van der Waals surface area contributed by atoms with Gasteiger partial charge in [-0.15, -0.1) is 0 Å². The van der Waals surface area contributed by atoms with E-state index in [4.69, 9.17) is 5.73 Å². The summed E-state index contributed by atoms with van der Waals surface area (Å²) in [5.74, 6) is 0. The van der Waals surface area contributed by atoms with Crippen LogP contribution < -0.4 is 5.73 Å². The minimum absolute atomic E-state index is 0.111. The van der Waals surface area contributed by atoms with E-state index in [0.29, 0.717) is 13.1 Å². The number of rotatable bonds is 3. The molecule has 0 saturated carbocycles. The Kier molecular flexibility index (Phi) is 3.99. The van der Waals surface area contributed by atoms with E-state index in [-0.39, 0.29) is 12.1 Å². The quantitative estimate of drug-likeness (QED) is 0.745. The molecule has 96 valence electrons. The van der Waals surface area contributed by atoms with Gasteiger partial charge in [-0.25, -0.2) is 8.42 Å². The van der Waals surface area contributed by atoms with Crippen LogP contribution in [-0.4, -0.2) is 61.6 Å². The predicted octanol–water partition coefficient (Wildman–Crippen LogP) is -0.311. The van der Waals surface area contributed by atoms with Crippen molar-refractivity contribution in [3.05, 3.63) is 0 Å². The van der Waals surface area contributed by atoms with Crippen molar-refractivity contribution < 1.29 is 8.42 Å². The van der Waals surface area contributed by atoms with Gasteiger partial charge in [-0.1, -0.05) is 0 Å². The van der Waals surface area contributed by atoms with Crippen LogP contribution in [0.2, 0.25) is 0 Å². The average Bonchev–Trinajstić information content (AvgIpc) is 2.20. The molecule has 6 heteroatoms. The Bertz CT molecular complexity index is 340. The molecule has 1 rings (SSSR count). The summed E-state index contributed by atoms with van der Waals surface area (Å²) in [7, 11) is -1.20. The second-order valence-electron chi connectivity index (χ2n) is 5.16. The van der Waals surface area contributed by atoms with Crippen LogP contribution >= 0.6 is 0 Å². The Morgan fingerprint density at radius 2 is 1.94 bits per heavy atom. The number of hydrogen-bond donors (Lipinski definition) is 1. The van der Waals surface area contributed by atoms with Gasteiger partial charge in [0.1, 0.15) is 0 Å². The van der Waals surface area contributed by atoms with Gasteiger partial charge in [0.2, 0.25) is 10.0 Å². The molecule has 0 aromatic carbocycles. The average molecular weight is 249 g/mol. The number of nitrogens with zero attached hydrogens (tertiary/aromatic N) is 2. The topological polar surface area (TPSA) is 66.6 Å². The van der Waals surface area contributed by atoms with Crippen molar-refractivity contribution in [1.29, 1.82) is 0 Å². The van der Waals surface area contributed by atoms with E-state index in [1.807, 2.05) is 7.05 Å². The van der Waals surface area contributed by atoms with Gasteiger partial charge >= 0.3 is 0 Å². The second kappa shape index (κ2) is 4.60. The fourth-order valence-corrected chi connectivity index (χ4v) is 3.37. The van der Waals surface area contributed by atoms with Crippen LogP contribution in [0.3, 0.4) is 0 Å². The van der Waals surface area contributed by atoms with E-state index < -0.39 is 15.3 Å². The monoisotopic (exact) mass is 249 g/mol. The number of hydrogen-bond acceptors (Lipinski definition) is 4. The smallest absolute Gasteiger partial charge is 0.218 e. The molecule has 1 unspecified atom stereocenters. The zero-order valence-electron chi connectivity index (χ0n) is 10.6. The summed E-state index contributed by atoms with van der Waals surface area (Å²) in [6, 6.07) is 0. The van der Waals surface area contributed by atoms with E-state index in [2.05, 4.69) is 18.7 Å². The van der Waals surface area contributed by atoms with Crippen LogP contribution in [0.5, 0.6) is 0 Å². The molecule has 0 aromatic rings. The first-order valence-corrected chi connectivity index (χ1v) is 7.12. The van der Waals surface area contributed by atoms with E-state index in [0.717, 1.165) is 6.54 Å². The molecule has 1 saturated heterocycles. The highest BCUT2D eigenvalue weighted by Crippen LogP contribution is 2.22. The molecule has 0 aromatic heterocycles. The standard InChI is InChI=1S/C10H23N3O2S/c1-9(7-11)16(14,15)13-6-5-12(4)10(2,3)8-13/h9H,5-8,11H2,1-4H3. The molecule has 1 heterocycles. The molecule has 1 atom stereocenters. The van der Waals surface area contributed by atoms with Gasteiger partial charge in [-0.3, -0.25) is 4.90 Å². The first kappa shape index (κ1) is 13.9. The van der Waals surface area contributed by atoms with Crippen LogP contribution in [0.4, 0.5) is 0 Å². The minimum Gasteiger partial charge on any atom is -0.329 e. The molecule has 0 spiro atoms. The Labute approximate surface area is 98.6 Å². The zero-order valence-corrected chi connectivity index (χ0v) is 11.4. The van der Waals surface area contributed by atoms with Crippen LogP contribution in [0, 0.1) is 0 Å². The number of piperazine rings is 1. The van der Waals surface area contributed by atoms with Crippen molar-refractivity contribution in [2.75, 3.05) is 33.2 Å². The van der Waals surface area contributed by atoms with Gasteiger partial charge in [-0.2, -0.15) is 4.31 Å². The van der Waals surface area contributed by atoms with Crippen LogP contribution in [0.25, 0.3) is 0 Å². The molecule has 1 aliphatic rings. The van der Waals surface area contributed by atoms with Gasteiger partial charge in [0.15, 0.2) is 0 Å². The van der Waals surface area contributed by atoms with Gasteiger partial charge in [0.25, 0.3) is 0 Å². The molecule has 2 N–H and O–H groups in total. The summed E-state index contributed by atoms with van der Waals surface area (Å²) in [4.78, 5) is 2.19. The van der Waals surface area contributed by atoms with Crippen molar-refractivity contribution >= 4 is 10.0 Å². The normalized spacial score (nSPS) is 25.6. The van der Waals surface area contributed by atoms with Gasteiger partial charge < -0.3 is 5.73 Å². The molecule has 16 heavy (non-hydrogen) atoms. The maximum atomic E-state index is 12.1. The summed E-state index contributed by atoms with van der Waals surface area (Å²) < 4.78 is 25.9. The third kappa shape index (κ3) is 2.56. The van der Waals surface area contributed by atoms with Crippen LogP contribution in [-0.2, 0) is 10.0 Å². The molecule has 0 bridgehead atoms. The van der Waals surface area contributed by atoms with E-state index >= 15 is 0 Å². The molecular formula is C10H23N3O2S. The Balaban J connectivity index is 2.85. The molecular weight excluding hydrogens is 226 g/mol. The molecule has 5 nitrogen and oxygen atoms in total. The van der Waals surface area contributed by atoms with Gasteiger partial charge in [0.05, 0.1) is 5.25 Å². The highest BCUT2D eigenvalue weighted by atomic mass is 32.2. The molecule has 1 aliphatic heterocycles. The highest BCUT2D eigenvalue weighted by molar-refractivity contribution is 7.89. The lowest BCUT2D eigenvalue weighted by Crippen LogP contribution is -2.60. The van der Waals surface area contributed by atoms with Crippen LogP contribution in [0.15, 0.2) is 0 Å². The minimum atomic E-state index is -3.22. The van der Waals surface area contributed by atoms with Crippen molar-refractivity contribution in [3.8, 4) is 0 Å². The first-order valence-electron chi connectivity index (χ1n) is 5.62. The summed E-state index contributed by atoms with van der Waals surface area (Å²) in [5, 5.41) is -0.494. The van der Waals surface area contributed by atoms with Crippen molar-refractivity contribution in [2.45, 2.75) is 31.6 Å². The lowest BCUT2D eigenvalue weighted by molar-refractivity contribution is 0.0797. The maximum absolute atomic E-state index is 12.1. The fraction of sp³-hybridized carbons (Fsp3) is 1.00. The highest BCUT2D eigenvalue weighted by Gasteiger charge is 2.38. The molecule has 0 amide bonds. The SMILES string of the molecule is CC(CN)S(=O)(=O)N1CCN(C)C(C)(C)C1. The molecule has 1 fully saturated rings. The fourth-order valence-electron chi connectivity index (χ4n) is 1.79.